The third-order valence-electron chi connectivity index (χ3n) is 2.82. The first kappa shape index (κ1) is 22.7. The Kier molecular flexibility index (Phi) is 18.5. The summed E-state index contributed by atoms with van der Waals surface area (Å²) in [6.07, 6.45) is 3.77. The van der Waals surface area contributed by atoms with Crippen LogP contribution in [0.15, 0.2) is 0 Å². The van der Waals surface area contributed by atoms with E-state index < -0.39 is 0 Å². The quantitative estimate of drug-likeness (QED) is 0.795. The molecule has 1 N–H and O–H groups in total. The summed E-state index contributed by atoms with van der Waals surface area (Å²) in [4.78, 5) is 12.3. The van der Waals surface area contributed by atoms with Crippen LogP contribution >= 0.6 is 0 Å². The van der Waals surface area contributed by atoms with E-state index in [4.69, 9.17) is 5.11 Å². The summed E-state index contributed by atoms with van der Waals surface area (Å²) in [5.41, 5.74) is 0.134. The molecule has 0 atom stereocenters. The van der Waals surface area contributed by atoms with Crippen LogP contribution in [-0.2, 0) is 4.79 Å². The number of aliphatic hydroxyl groups is 1. The number of aliphatic hydroxyl groups excluding tert-OH is 1. The van der Waals surface area contributed by atoms with Gasteiger partial charge in [0.05, 0.1) is 0 Å². The lowest BCUT2D eigenvalue weighted by Crippen LogP contribution is -2.38. The molecule has 0 saturated heterocycles. The van der Waals surface area contributed by atoms with Crippen molar-refractivity contribution in [3.8, 4) is 0 Å². The van der Waals surface area contributed by atoms with E-state index in [1.807, 2.05) is 27.9 Å². The van der Waals surface area contributed by atoms with Crippen LogP contribution in [-0.4, -0.2) is 42.0 Å². The minimum Gasteiger partial charge on any atom is -0.396 e. The Morgan fingerprint density at radius 3 is 1.78 bits per heavy atom. The zero-order chi connectivity index (χ0) is 15.2. The van der Waals surface area contributed by atoms with Gasteiger partial charge in [-0.3, -0.25) is 0 Å². The van der Waals surface area contributed by atoms with Crippen molar-refractivity contribution >= 4 is 5.78 Å². The average Bonchev–Trinajstić information content (AvgIpc) is 2.29. The molecule has 0 fully saturated rings. The number of hydrogen-bond acceptors (Lipinski definition) is 3. The highest BCUT2D eigenvalue weighted by molar-refractivity contribution is 5.75. The molecule has 0 aromatic carbocycles. The monoisotopic (exact) mass is 261 g/mol. The van der Waals surface area contributed by atoms with Gasteiger partial charge in [-0.15, -0.1) is 0 Å². The zero-order valence-corrected chi connectivity index (χ0v) is 13.8. The number of ketones is 1. The fourth-order valence-electron chi connectivity index (χ4n) is 0.923. The SMILES string of the molecule is CC.CCCCC(C)=O.CN(C)C(C)(C)CCO. The Labute approximate surface area is 115 Å². The molecular weight excluding hydrogens is 226 g/mol. The highest BCUT2D eigenvalue weighted by Gasteiger charge is 2.18. The van der Waals surface area contributed by atoms with Gasteiger partial charge in [0.2, 0.25) is 0 Å². The van der Waals surface area contributed by atoms with Crippen LogP contribution in [0.2, 0.25) is 0 Å². The summed E-state index contributed by atoms with van der Waals surface area (Å²) in [6, 6.07) is 0. The summed E-state index contributed by atoms with van der Waals surface area (Å²) in [6.45, 7) is 12.2. The van der Waals surface area contributed by atoms with Crippen LogP contribution < -0.4 is 0 Å². The first-order valence-corrected chi connectivity index (χ1v) is 7.05. The molecule has 0 aromatic rings. The number of carbonyl (C=O) groups excluding carboxylic acids is 1. The average molecular weight is 261 g/mol. The predicted molar refractivity (Wildman–Crippen MR) is 81.0 cm³/mol. The van der Waals surface area contributed by atoms with Crippen LogP contribution in [0, 0.1) is 0 Å². The smallest absolute Gasteiger partial charge is 0.129 e. The van der Waals surface area contributed by atoms with E-state index >= 15 is 0 Å². The molecule has 0 bridgehead atoms. The van der Waals surface area contributed by atoms with Crippen LogP contribution in [0.5, 0.6) is 0 Å². The lowest BCUT2D eigenvalue weighted by atomic mass is 10.0. The molecule has 0 radical (unpaired) electrons. The fraction of sp³-hybridized carbons (Fsp3) is 0.933. The van der Waals surface area contributed by atoms with Crippen LogP contribution in [0.4, 0.5) is 0 Å². The van der Waals surface area contributed by atoms with Gasteiger partial charge in [-0.1, -0.05) is 27.2 Å². The fourth-order valence-corrected chi connectivity index (χ4v) is 0.923. The van der Waals surface area contributed by atoms with E-state index in [1.54, 1.807) is 6.92 Å². The number of unbranched alkanes of at least 4 members (excludes halogenated alkanes) is 1. The van der Waals surface area contributed by atoms with E-state index in [0.717, 1.165) is 25.7 Å². The standard InChI is InChI=1S/C7H17NO.C6H12O.C2H6/c1-7(2,5-6-9)8(3)4;1-3-4-5-6(2)7;1-2/h9H,5-6H2,1-4H3;3-5H2,1-2H3;1-2H3. The molecule has 0 aliphatic heterocycles. The zero-order valence-electron chi connectivity index (χ0n) is 13.8. The number of hydrogen-bond donors (Lipinski definition) is 1. The predicted octanol–water partition coefficient (Wildman–Crippen LogP) is 3.50. The lowest BCUT2D eigenvalue weighted by molar-refractivity contribution is -0.117. The van der Waals surface area contributed by atoms with Crippen molar-refractivity contribution in [2.24, 2.45) is 0 Å². The molecule has 0 saturated carbocycles. The third kappa shape index (κ3) is 18.0. The van der Waals surface area contributed by atoms with Crippen molar-refractivity contribution in [1.82, 2.24) is 4.90 Å². The summed E-state index contributed by atoms with van der Waals surface area (Å²) in [5, 5.41) is 8.62. The van der Waals surface area contributed by atoms with E-state index in [1.165, 1.54) is 0 Å². The maximum atomic E-state index is 10.2. The second kappa shape index (κ2) is 14.7. The van der Waals surface area contributed by atoms with Crippen molar-refractivity contribution < 1.29 is 9.90 Å². The normalized spacial score (nSPS) is 10.1. The molecule has 3 nitrogen and oxygen atoms in total. The maximum Gasteiger partial charge on any atom is 0.129 e. The van der Waals surface area contributed by atoms with Crippen molar-refractivity contribution in [2.75, 3.05) is 20.7 Å². The van der Waals surface area contributed by atoms with Gasteiger partial charge >= 0.3 is 0 Å². The minimum atomic E-state index is 0.134. The van der Waals surface area contributed by atoms with Crippen molar-refractivity contribution in [3.63, 3.8) is 0 Å². The molecule has 0 aliphatic rings. The molecule has 3 heteroatoms. The maximum absolute atomic E-state index is 10.2. The Morgan fingerprint density at radius 1 is 1.22 bits per heavy atom. The number of rotatable bonds is 6. The third-order valence-corrected chi connectivity index (χ3v) is 2.82. The van der Waals surface area contributed by atoms with Gasteiger partial charge in [0.25, 0.3) is 0 Å². The number of nitrogens with zero attached hydrogens (tertiary/aromatic N) is 1. The summed E-state index contributed by atoms with van der Waals surface area (Å²) >= 11 is 0. The Hall–Kier alpha value is -0.410. The van der Waals surface area contributed by atoms with E-state index in [-0.39, 0.29) is 12.1 Å². The van der Waals surface area contributed by atoms with Gasteiger partial charge in [0, 0.05) is 18.6 Å². The Bertz CT molecular complexity index is 177. The molecule has 0 heterocycles. The Balaban J connectivity index is -0.000000225. The molecule has 0 aliphatic carbocycles. The minimum absolute atomic E-state index is 0.134. The molecule has 0 aromatic heterocycles. The van der Waals surface area contributed by atoms with Gasteiger partial charge in [0.15, 0.2) is 0 Å². The van der Waals surface area contributed by atoms with Crippen molar-refractivity contribution in [2.45, 2.75) is 72.8 Å². The van der Waals surface area contributed by atoms with Gasteiger partial charge in [-0.25, -0.2) is 0 Å². The van der Waals surface area contributed by atoms with E-state index in [9.17, 15) is 4.79 Å². The van der Waals surface area contributed by atoms with Crippen LogP contribution in [0.25, 0.3) is 0 Å². The van der Waals surface area contributed by atoms with E-state index in [2.05, 4.69) is 25.7 Å². The summed E-state index contributed by atoms with van der Waals surface area (Å²) < 4.78 is 0. The first-order valence-electron chi connectivity index (χ1n) is 7.05. The summed E-state index contributed by atoms with van der Waals surface area (Å²) in [7, 11) is 4.05. The summed E-state index contributed by atoms with van der Waals surface area (Å²) in [5.74, 6) is 0.307. The molecule has 18 heavy (non-hydrogen) atoms. The van der Waals surface area contributed by atoms with Gasteiger partial charge in [0.1, 0.15) is 5.78 Å². The van der Waals surface area contributed by atoms with Crippen LogP contribution in [0.3, 0.4) is 0 Å². The second-order valence-electron chi connectivity index (χ2n) is 4.99. The van der Waals surface area contributed by atoms with Crippen molar-refractivity contribution in [1.29, 1.82) is 0 Å². The molecular formula is C15H35NO2. The van der Waals surface area contributed by atoms with Crippen LogP contribution in [0.1, 0.15) is 67.2 Å². The number of Topliss-reactive ketones (excluding diaryl/α,β-unsaturated/α-hetero) is 1. The van der Waals surface area contributed by atoms with Gasteiger partial charge < -0.3 is 14.8 Å². The lowest BCUT2D eigenvalue weighted by Gasteiger charge is -2.31. The molecule has 0 spiro atoms. The van der Waals surface area contributed by atoms with Gasteiger partial charge in [-0.05, 0) is 47.7 Å². The second-order valence-corrected chi connectivity index (χ2v) is 4.99. The molecule has 0 amide bonds. The van der Waals surface area contributed by atoms with Crippen molar-refractivity contribution in [3.05, 3.63) is 0 Å². The molecule has 112 valence electrons. The van der Waals surface area contributed by atoms with E-state index in [0.29, 0.717) is 5.78 Å². The van der Waals surface area contributed by atoms with Gasteiger partial charge in [-0.2, -0.15) is 0 Å². The Morgan fingerprint density at radius 2 is 1.67 bits per heavy atom. The highest BCUT2D eigenvalue weighted by atomic mass is 16.3. The topological polar surface area (TPSA) is 40.5 Å². The first-order chi connectivity index (χ1) is 8.27. The largest absolute Gasteiger partial charge is 0.396 e. The highest BCUT2D eigenvalue weighted by Crippen LogP contribution is 2.13. The molecule has 0 rings (SSSR count). The number of carbonyl (C=O) groups is 1. The molecule has 0 unspecified atom stereocenters.